The summed E-state index contributed by atoms with van der Waals surface area (Å²) in [4.78, 5) is 4.71. The second-order valence-corrected chi connectivity index (χ2v) is 9.89. The first-order valence-corrected chi connectivity index (χ1v) is 10.8. The van der Waals surface area contributed by atoms with Crippen LogP contribution in [0.25, 0.3) is 10.2 Å². The Morgan fingerprint density at radius 3 is 2.58 bits per heavy atom. The molecule has 0 aliphatic carbocycles. The Bertz CT molecular complexity index is 797. The molecule has 24 heavy (non-hydrogen) atoms. The number of thiazole rings is 1. The number of nitrogens with zero attached hydrogens (tertiary/aromatic N) is 1. The topological polar surface area (TPSA) is 33.1 Å². The zero-order valence-electron chi connectivity index (χ0n) is 13.7. The maximum absolute atomic E-state index is 11.2. The molecular weight excluding hydrogens is 381 g/mol. The molecule has 0 amide bonds. The van der Waals surface area contributed by atoms with Crippen molar-refractivity contribution in [2.24, 2.45) is 0 Å². The molecule has 1 heterocycles. The third-order valence-corrected chi connectivity index (χ3v) is 7.85. The van der Waals surface area contributed by atoms with E-state index in [9.17, 15) is 5.11 Å². The minimum absolute atomic E-state index is 0.155. The van der Waals surface area contributed by atoms with Gasteiger partial charge in [0.2, 0.25) is 0 Å². The summed E-state index contributed by atoms with van der Waals surface area (Å²) >= 11 is 1.90. The Hall–Kier alpha value is -1.45. The summed E-state index contributed by atoms with van der Waals surface area (Å²) in [7, 11) is 0. The van der Waals surface area contributed by atoms with Crippen LogP contribution in [-0.4, -0.2) is 30.6 Å². The van der Waals surface area contributed by atoms with E-state index < -0.39 is 5.60 Å². The Morgan fingerprint density at radius 2 is 1.88 bits per heavy atom. The predicted molar refractivity (Wildman–Crippen MR) is 104 cm³/mol. The molecular formula is C20H21NOSSe. The van der Waals surface area contributed by atoms with Crippen LogP contribution in [-0.2, 0) is 6.42 Å². The van der Waals surface area contributed by atoms with Crippen LogP contribution in [0.2, 0.25) is 5.32 Å². The molecule has 3 rings (SSSR count). The normalized spacial score (nSPS) is 13.8. The van der Waals surface area contributed by atoms with Gasteiger partial charge in [0.1, 0.15) is 0 Å². The molecule has 1 N–H and O–H groups in total. The molecule has 0 radical (unpaired) electrons. The summed E-state index contributed by atoms with van der Waals surface area (Å²) in [5.74, 6) is 0. The molecule has 0 saturated carbocycles. The second-order valence-electron chi connectivity index (χ2n) is 6.26. The van der Waals surface area contributed by atoms with E-state index in [2.05, 4.69) is 30.8 Å². The van der Waals surface area contributed by atoms with E-state index in [1.807, 2.05) is 37.3 Å². The minimum atomic E-state index is -0.745. The van der Waals surface area contributed by atoms with Crippen molar-refractivity contribution in [3.05, 3.63) is 72.3 Å². The number of fused-ring (bicyclic) bond motifs is 1. The number of benzene rings is 2. The molecule has 3 aromatic rings. The van der Waals surface area contributed by atoms with Gasteiger partial charge in [-0.05, 0) is 0 Å². The Kier molecular flexibility index (Phi) is 5.52. The van der Waals surface area contributed by atoms with Gasteiger partial charge in [0.05, 0.1) is 0 Å². The Morgan fingerprint density at radius 1 is 1.17 bits per heavy atom. The van der Waals surface area contributed by atoms with Gasteiger partial charge in [-0.1, -0.05) is 0 Å². The molecule has 1 atom stereocenters. The Labute approximate surface area is 153 Å². The van der Waals surface area contributed by atoms with Gasteiger partial charge in [0.15, 0.2) is 0 Å². The SMILES string of the molecule is C=C(C)CC(O)(C[Se]c1nc2ccccc2s1)Cc1ccccc1. The molecule has 0 saturated heterocycles. The molecule has 0 fully saturated rings. The van der Waals surface area contributed by atoms with Gasteiger partial charge in [0.25, 0.3) is 0 Å². The first kappa shape index (κ1) is 17.4. The van der Waals surface area contributed by atoms with Gasteiger partial charge in [-0.25, -0.2) is 0 Å². The van der Waals surface area contributed by atoms with Gasteiger partial charge in [0, 0.05) is 0 Å². The summed E-state index contributed by atoms with van der Waals surface area (Å²) in [6, 6.07) is 18.4. The van der Waals surface area contributed by atoms with Gasteiger partial charge >= 0.3 is 154 Å². The van der Waals surface area contributed by atoms with Crippen molar-refractivity contribution >= 4 is 40.4 Å². The third kappa shape index (κ3) is 4.55. The van der Waals surface area contributed by atoms with E-state index in [-0.39, 0.29) is 15.0 Å². The molecule has 0 aliphatic heterocycles. The first-order valence-electron chi connectivity index (χ1n) is 7.93. The zero-order chi connectivity index (χ0) is 17.0. The zero-order valence-corrected chi connectivity index (χ0v) is 16.3. The molecule has 1 aromatic heterocycles. The molecule has 0 aliphatic rings. The summed E-state index contributed by atoms with van der Waals surface area (Å²) in [5, 5.41) is 12.0. The quantitative estimate of drug-likeness (QED) is 0.479. The molecule has 0 spiro atoms. The fourth-order valence-corrected chi connectivity index (χ4v) is 6.40. The number of hydrogen-bond donors (Lipinski definition) is 1. The summed E-state index contributed by atoms with van der Waals surface area (Å²) in [5.41, 5.74) is 2.51. The monoisotopic (exact) mass is 403 g/mol. The van der Waals surface area contributed by atoms with Crippen molar-refractivity contribution in [3.8, 4) is 0 Å². The van der Waals surface area contributed by atoms with Crippen LogP contribution in [0.1, 0.15) is 18.9 Å². The molecule has 1 unspecified atom stereocenters. The fourth-order valence-electron chi connectivity index (χ4n) is 2.81. The van der Waals surface area contributed by atoms with Crippen LogP contribution < -0.4 is 3.91 Å². The maximum atomic E-state index is 11.2. The summed E-state index contributed by atoms with van der Waals surface area (Å²) in [6.07, 6.45) is 1.29. The van der Waals surface area contributed by atoms with E-state index in [1.165, 1.54) is 10.3 Å². The van der Waals surface area contributed by atoms with Crippen LogP contribution in [0.5, 0.6) is 0 Å². The van der Waals surface area contributed by atoms with E-state index in [1.54, 1.807) is 11.3 Å². The summed E-state index contributed by atoms with van der Waals surface area (Å²) < 4.78 is 2.37. The number of aromatic nitrogens is 1. The standard InChI is InChI=1S/C20H21NOSSe/c1-15(2)12-20(22,13-16-8-4-3-5-9-16)14-24-19-21-17-10-6-7-11-18(17)23-19/h3-11,22H,1,12-14H2,2H3. The average molecular weight is 402 g/mol. The Balaban J connectivity index is 1.74. The fraction of sp³-hybridized carbons (Fsp3) is 0.250. The molecule has 2 aromatic carbocycles. The molecule has 2 nitrogen and oxygen atoms in total. The number of para-hydroxylation sites is 1. The van der Waals surface area contributed by atoms with Crippen molar-refractivity contribution < 1.29 is 5.11 Å². The second kappa shape index (κ2) is 7.62. The van der Waals surface area contributed by atoms with Crippen LogP contribution in [0.4, 0.5) is 0 Å². The molecule has 124 valence electrons. The van der Waals surface area contributed by atoms with Gasteiger partial charge in [-0.15, -0.1) is 0 Å². The van der Waals surface area contributed by atoms with Crippen LogP contribution in [0.3, 0.4) is 0 Å². The van der Waals surface area contributed by atoms with Gasteiger partial charge < -0.3 is 0 Å². The van der Waals surface area contributed by atoms with Crippen molar-refractivity contribution in [1.29, 1.82) is 0 Å². The van der Waals surface area contributed by atoms with Crippen LogP contribution in [0, 0.1) is 0 Å². The van der Waals surface area contributed by atoms with E-state index in [0.717, 1.165) is 20.3 Å². The van der Waals surface area contributed by atoms with Crippen molar-refractivity contribution in [1.82, 2.24) is 4.98 Å². The van der Waals surface area contributed by atoms with E-state index in [0.29, 0.717) is 12.8 Å². The predicted octanol–water partition coefficient (Wildman–Crippen LogP) is 3.98. The number of rotatable bonds is 7. The number of aliphatic hydroxyl groups is 1. The summed E-state index contributed by atoms with van der Waals surface area (Å²) in [6.45, 7) is 5.99. The molecule has 4 heteroatoms. The number of hydrogen-bond acceptors (Lipinski definition) is 3. The van der Waals surface area contributed by atoms with Crippen LogP contribution >= 0.6 is 11.3 Å². The average Bonchev–Trinajstić information content (AvgIpc) is 2.96. The van der Waals surface area contributed by atoms with E-state index >= 15 is 0 Å². The van der Waals surface area contributed by atoms with Crippen molar-refractivity contribution in [3.63, 3.8) is 0 Å². The molecule has 0 bridgehead atoms. The first-order chi connectivity index (χ1) is 11.5. The van der Waals surface area contributed by atoms with Gasteiger partial charge in [-0.3, -0.25) is 0 Å². The van der Waals surface area contributed by atoms with Crippen molar-refractivity contribution in [2.75, 3.05) is 0 Å². The van der Waals surface area contributed by atoms with E-state index in [4.69, 9.17) is 4.98 Å². The van der Waals surface area contributed by atoms with Crippen LogP contribution in [0.15, 0.2) is 66.7 Å². The van der Waals surface area contributed by atoms with Gasteiger partial charge in [-0.2, -0.15) is 0 Å². The third-order valence-electron chi connectivity index (χ3n) is 3.75. The van der Waals surface area contributed by atoms with Crippen molar-refractivity contribution in [2.45, 2.75) is 30.7 Å².